The van der Waals surface area contributed by atoms with Gasteiger partial charge in [-0.3, -0.25) is 0 Å². The quantitative estimate of drug-likeness (QED) is 0.804. The summed E-state index contributed by atoms with van der Waals surface area (Å²) in [5.74, 6) is 0.889. The number of nitrogens with one attached hydrogen (secondary N) is 1. The van der Waals surface area contributed by atoms with Crippen LogP contribution >= 0.6 is 0 Å². The van der Waals surface area contributed by atoms with Gasteiger partial charge in [0.1, 0.15) is 0 Å². The van der Waals surface area contributed by atoms with Gasteiger partial charge in [0.15, 0.2) is 0 Å². The summed E-state index contributed by atoms with van der Waals surface area (Å²) in [6.45, 7) is 8.03. The number of hydrogen-bond acceptors (Lipinski definition) is 1. The van der Waals surface area contributed by atoms with Crippen molar-refractivity contribution in [1.29, 1.82) is 0 Å². The normalized spacial score (nSPS) is 21.9. The molecule has 84 valence electrons. The third-order valence-corrected chi connectivity index (χ3v) is 3.58. The van der Waals surface area contributed by atoms with Gasteiger partial charge in [0.05, 0.1) is 0 Å². The van der Waals surface area contributed by atoms with Crippen molar-refractivity contribution < 1.29 is 0 Å². The summed E-state index contributed by atoms with van der Waals surface area (Å²) in [5, 5.41) is 3.48. The Morgan fingerprint density at radius 2 is 2.07 bits per heavy atom. The third kappa shape index (κ3) is 2.63. The van der Waals surface area contributed by atoms with Crippen LogP contribution in [-0.2, 0) is 6.54 Å². The van der Waals surface area contributed by atoms with E-state index in [1.807, 2.05) is 0 Å². The molecular weight excluding hydrogens is 184 g/mol. The SMILES string of the molecule is Cc1ccc(C)n1CCC1CCCNC1. The molecule has 2 nitrogen and oxygen atoms in total. The van der Waals surface area contributed by atoms with Crippen molar-refractivity contribution in [3.05, 3.63) is 23.5 Å². The summed E-state index contributed by atoms with van der Waals surface area (Å²) in [6.07, 6.45) is 4.09. The predicted octanol–water partition coefficient (Wildman–Crippen LogP) is 2.49. The highest BCUT2D eigenvalue weighted by Gasteiger charge is 2.13. The van der Waals surface area contributed by atoms with Crippen molar-refractivity contribution in [3.63, 3.8) is 0 Å². The van der Waals surface area contributed by atoms with Gasteiger partial charge in [-0.1, -0.05) is 0 Å². The molecule has 15 heavy (non-hydrogen) atoms. The molecule has 1 fully saturated rings. The molecule has 1 saturated heterocycles. The molecule has 1 aromatic heterocycles. The van der Waals surface area contributed by atoms with Crippen molar-refractivity contribution in [2.45, 2.75) is 39.7 Å². The van der Waals surface area contributed by atoms with E-state index in [-0.39, 0.29) is 0 Å². The van der Waals surface area contributed by atoms with E-state index in [1.54, 1.807) is 0 Å². The van der Waals surface area contributed by atoms with Crippen LogP contribution in [0.2, 0.25) is 0 Å². The number of piperidine rings is 1. The number of aryl methyl sites for hydroxylation is 2. The standard InChI is InChI=1S/C13H22N2/c1-11-5-6-12(2)15(11)9-7-13-4-3-8-14-10-13/h5-6,13-14H,3-4,7-10H2,1-2H3. The molecule has 1 atom stereocenters. The molecule has 0 aromatic carbocycles. The Balaban J connectivity index is 1.87. The molecule has 1 unspecified atom stereocenters. The van der Waals surface area contributed by atoms with Crippen LogP contribution in [0.15, 0.2) is 12.1 Å². The van der Waals surface area contributed by atoms with Crippen molar-refractivity contribution in [1.82, 2.24) is 9.88 Å². The summed E-state index contributed by atoms with van der Waals surface area (Å²) in [7, 11) is 0. The fraction of sp³-hybridized carbons (Fsp3) is 0.692. The zero-order valence-electron chi connectivity index (χ0n) is 9.92. The molecule has 0 bridgehead atoms. The van der Waals surface area contributed by atoms with Crippen LogP contribution in [0.1, 0.15) is 30.7 Å². The van der Waals surface area contributed by atoms with Gasteiger partial charge in [-0.2, -0.15) is 0 Å². The van der Waals surface area contributed by atoms with Gasteiger partial charge in [-0.25, -0.2) is 0 Å². The Morgan fingerprint density at radius 1 is 1.33 bits per heavy atom. The highest BCUT2D eigenvalue weighted by atomic mass is 15.0. The van der Waals surface area contributed by atoms with E-state index in [0.717, 1.165) is 5.92 Å². The lowest BCUT2D eigenvalue weighted by Crippen LogP contribution is -2.30. The first kappa shape index (κ1) is 10.7. The summed E-state index contributed by atoms with van der Waals surface area (Å²) >= 11 is 0. The Kier molecular flexibility index (Phi) is 3.47. The van der Waals surface area contributed by atoms with Crippen molar-refractivity contribution in [3.8, 4) is 0 Å². The molecular formula is C13H22N2. The van der Waals surface area contributed by atoms with Gasteiger partial charge in [-0.15, -0.1) is 0 Å². The molecule has 0 spiro atoms. The average molecular weight is 206 g/mol. The number of rotatable bonds is 3. The minimum atomic E-state index is 0.889. The first-order chi connectivity index (χ1) is 7.27. The van der Waals surface area contributed by atoms with Gasteiger partial charge in [0.2, 0.25) is 0 Å². The van der Waals surface area contributed by atoms with E-state index >= 15 is 0 Å². The monoisotopic (exact) mass is 206 g/mol. The van der Waals surface area contributed by atoms with Crippen LogP contribution in [0.25, 0.3) is 0 Å². The number of hydrogen-bond donors (Lipinski definition) is 1. The lowest BCUT2D eigenvalue weighted by atomic mass is 9.96. The van der Waals surface area contributed by atoms with E-state index in [9.17, 15) is 0 Å². The first-order valence-electron chi connectivity index (χ1n) is 6.11. The third-order valence-electron chi connectivity index (χ3n) is 3.58. The lowest BCUT2D eigenvalue weighted by molar-refractivity contribution is 0.340. The van der Waals surface area contributed by atoms with Crippen molar-refractivity contribution in [2.75, 3.05) is 13.1 Å². The molecule has 1 aromatic rings. The van der Waals surface area contributed by atoms with Crippen molar-refractivity contribution >= 4 is 0 Å². The zero-order valence-corrected chi connectivity index (χ0v) is 9.92. The first-order valence-corrected chi connectivity index (χ1v) is 6.11. The van der Waals surface area contributed by atoms with Gasteiger partial charge in [-0.05, 0) is 64.3 Å². The van der Waals surface area contributed by atoms with E-state index < -0.39 is 0 Å². The van der Waals surface area contributed by atoms with Crippen LogP contribution < -0.4 is 5.32 Å². The predicted molar refractivity (Wildman–Crippen MR) is 64.1 cm³/mol. The molecule has 2 heterocycles. The molecule has 1 N–H and O–H groups in total. The van der Waals surface area contributed by atoms with Gasteiger partial charge in [0, 0.05) is 17.9 Å². The Hall–Kier alpha value is -0.760. The van der Waals surface area contributed by atoms with Crippen LogP contribution in [0, 0.1) is 19.8 Å². The smallest absolute Gasteiger partial charge is 0.0227 e. The van der Waals surface area contributed by atoms with E-state index in [4.69, 9.17) is 0 Å². The fourth-order valence-electron chi connectivity index (χ4n) is 2.53. The summed E-state index contributed by atoms with van der Waals surface area (Å²) in [4.78, 5) is 0. The molecule has 2 rings (SSSR count). The van der Waals surface area contributed by atoms with Crippen LogP contribution in [0.4, 0.5) is 0 Å². The molecule has 0 radical (unpaired) electrons. The second kappa shape index (κ2) is 4.84. The Bertz CT molecular complexity index is 289. The Morgan fingerprint density at radius 3 is 2.67 bits per heavy atom. The maximum absolute atomic E-state index is 3.48. The summed E-state index contributed by atoms with van der Waals surface area (Å²) < 4.78 is 2.44. The highest BCUT2D eigenvalue weighted by Crippen LogP contribution is 2.17. The minimum absolute atomic E-state index is 0.889. The second-order valence-electron chi connectivity index (χ2n) is 4.77. The maximum atomic E-state index is 3.48. The highest BCUT2D eigenvalue weighted by molar-refractivity contribution is 5.13. The molecule has 0 amide bonds. The molecule has 0 saturated carbocycles. The minimum Gasteiger partial charge on any atom is -0.349 e. The number of aromatic nitrogens is 1. The fourth-order valence-corrected chi connectivity index (χ4v) is 2.53. The zero-order chi connectivity index (χ0) is 10.7. The van der Waals surface area contributed by atoms with Crippen LogP contribution in [0.3, 0.4) is 0 Å². The Labute approximate surface area is 92.7 Å². The summed E-state index contributed by atoms with van der Waals surface area (Å²) in [6, 6.07) is 4.43. The van der Waals surface area contributed by atoms with Gasteiger partial charge in [0.25, 0.3) is 0 Å². The average Bonchev–Trinajstić information content (AvgIpc) is 2.58. The topological polar surface area (TPSA) is 17.0 Å². The van der Waals surface area contributed by atoms with Crippen molar-refractivity contribution in [2.24, 2.45) is 5.92 Å². The van der Waals surface area contributed by atoms with E-state index in [0.29, 0.717) is 0 Å². The lowest BCUT2D eigenvalue weighted by Gasteiger charge is -2.23. The second-order valence-corrected chi connectivity index (χ2v) is 4.77. The molecule has 1 aliphatic heterocycles. The number of nitrogens with zero attached hydrogens (tertiary/aromatic N) is 1. The maximum Gasteiger partial charge on any atom is 0.0227 e. The van der Waals surface area contributed by atoms with Gasteiger partial charge >= 0.3 is 0 Å². The molecule has 2 heteroatoms. The van der Waals surface area contributed by atoms with Crippen LogP contribution in [0.5, 0.6) is 0 Å². The molecule has 0 aliphatic carbocycles. The van der Waals surface area contributed by atoms with E-state index in [2.05, 4.69) is 35.9 Å². The van der Waals surface area contributed by atoms with E-state index in [1.165, 1.54) is 50.3 Å². The molecule has 1 aliphatic rings. The largest absolute Gasteiger partial charge is 0.349 e. The van der Waals surface area contributed by atoms with Crippen LogP contribution in [-0.4, -0.2) is 17.7 Å². The summed E-state index contributed by atoms with van der Waals surface area (Å²) in [5.41, 5.74) is 2.80. The van der Waals surface area contributed by atoms with Gasteiger partial charge < -0.3 is 9.88 Å².